The van der Waals surface area contributed by atoms with Crippen molar-refractivity contribution in [2.24, 2.45) is 11.1 Å². The Morgan fingerprint density at radius 2 is 2.07 bits per heavy atom. The number of carbonyl (C=O) groups is 1. The smallest absolute Gasteiger partial charge is 0.229 e. The first-order valence-corrected chi connectivity index (χ1v) is 5.66. The molecule has 1 unspecified atom stereocenters. The highest BCUT2D eigenvalue weighted by Gasteiger charge is 2.32. The van der Waals surface area contributed by atoms with Gasteiger partial charge in [0.1, 0.15) is 0 Å². The van der Waals surface area contributed by atoms with Crippen molar-refractivity contribution >= 4 is 5.91 Å². The Morgan fingerprint density at radius 3 is 2.40 bits per heavy atom. The Hall–Kier alpha value is -0.610. The standard InChI is InChI=1S/C11H24N2O2/c1-4-11(3,9-12)10(15)13(5-2)7-6-8-14/h14H,4-9,12H2,1-3H3. The van der Waals surface area contributed by atoms with Crippen LogP contribution in [0.15, 0.2) is 0 Å². The van der Waals surface area contributed by atoms with Crippen molar-refractivity contribution in [1.29, 1.82) is 0 Å². The first-order chi connectivity index (χ1) is 7.05. The molecule has 0 saturated carbocycles. The Bertz CT molecular complexity index is 191. The molecule has 0 spiro atoms. The lowest BCUT2D eigenvalue weighted by Gasteiger charge is -2.32. The average molecular weight is 216 g/mol. The Morgan fingerprint density at radius 1 is 1.47 bits per heavy atom. The number of carbonyl (C=O) groups excluding carboxylic acids is 1. The van der Waals surface area contributed by atoms with Gasteiger partial charge < -0.3 is 15.7 Å². The van der Waals surface area contributed by atoms with E-state index in [-0.39, 0.29) is 12.5 Å². The summed E-state index contributed by atoms with van der Waals surface area (Å²) >= 11 is 0. The van der Waals surface area contributed by atoms with Crippen LogP contribution < -0.4 is 5.73 Å². The number of amides is 1. The fraction of sp³-hybridized carbons (Fsp3) is 0.909. The molecule has 0 aliphatic heterocycles. The molecule has 0 fully saturated rings. The van der Waals surface area contributed by atoms with Crippen molar-refractivity contribution in [2.75, 3.05) is 26.2 Å². The second-order valence-electron chi connectivity index (χ2n) is 4.08. The van der Waals surface area contributed by atoms with Gasteiger partial charge in [-0.25, -0.2) is 0 Å². The highest BCUT2D eigenvalue weighted by atomic mass is 16.3. The molecular weight excluding hydrogens is 192 g/mol. The third kappa shape index (κ3) is 3.80. The summed E-state index contributed by atoms with van der Waals surface area (Å²) in [7, 11) is 0. The maximum absolute atomic E-state index is 12.1. The molecular formula is C11H24N2O2. The molecule has 0 bridgehead atoms. The van der Waals surface area contributed by atoms with Crippen molar-refractivity contribution in [3.8, 4) is 0 Å². The fourth-order valence-corrected chi connectivity index (χ4v) is 1.43. The predicted molar refractivity (Wildman–Crippen MR) is 61.4 cm³/mol. The summed E-state index contributed by atoms with van der Waals surface area (Å²) < 4.78 is 0. The minimum absolute atomic E-state index is 0.100. The summed E-state index contributed by atoms with van der Waals surface area (Å²) in [5, 5.41) is 8.75. The molecule has 0 aromatic rings. The van der Waals surface area contributed by atoms with E-state index in [1.165, 1.54) is 0 Å². The third-order valence-electron chi connectivity index (χ3n) is 3.00. The average Bonchev–Trinajstić information content (AvgIpc) is 2.28. The highest BCUT2D eigenvalue weighted by molar-refractivity contribution is 5.82. The monoisotopic (exact) mass is 216 g/mol. The molecule has 15 heavy (non-hydrogen) atoms. The van der Waals surface area contributed by atoms with Crippen LogP contribution in [0.2, 0.25) is 0 Å². The van der Waals surface area contributed by atoms with E-state index in [2.05, 4.69) is 0 Å². The van der Waals surface area contributed by atoms with Gasteiger partial charge in [-0.15, -0.1) is 0 Å². The number of aliphatic hydroxyl groups is 1. The number of nitrogens with two attached hydrogens (primary N) is 1. The minimum atomic E-state index is -0.453. The van der Waals surface area contributed by atoms with E-state index >= 15 is 0 Å². The molecule has 3 N–H and O–H groups in total. The molecule has 90 valence electrons. The summed E-state index contributed by atoms with van der Waals surface area (Å²) in [5.41, 5.74) is 5.19. The second-order valence-corrected chi connectivity index (χ2v) is 4.08. The fourth-order valence-electron chi connectivity index (χ4n) is 1.43. The lowest BCUT2D eigenvalue weighted by atomic mass is 9.86. The van der Waals surface area contributed by atoms with Gasteiger partial charge in [-0.1, -0.05) is 6.92 Å². The van der Waals surface area contributed by atoms with Gasteiger partial charge in [0.15, 0.2) is 0 Å². The van der Waals surface area contributed by atoms with Gasteiger partial charge in [0.05, 0.1) is 5.41 Å². The number of hydrogen-bond acceptors (Lipinski definition) is 3. The lowest BCUT2D eigenvalue weighted by molar-refractivity contribution is -0.140. The molecule has 0 aromatic carbocycles. The minimum Gasteiger partial charge on any atom is -0.396 e. The summed E-state index contributed by atoms with van der Waals surface area (Å²) in [6, 6.07) is 0. The van der Waals surface area contributed by atoms with E-state index < -0.39 is 5.41 Å². The van der Waals surface area contributed by atoms with Crippen LogP contribution in [0.1, 0.15) is 33.6 Å². The van der Waals surface area contributed by atoms with Crippen LogP contribution in [0, 0.1) is 5.41 Å². The highest BCUT2D eigenvalue weighted by Crippen LogP contribution is 2.22. The zero-order valence-electron chi connectivity index (χ0n) is 10.1. The molecule has 1 amide bonds. The van der Waals surface area contributed by atoms with Crippen LogP contribution in [0.4, 0.5) is 0 Å². The second kappa shape index (κ2) is 6.80. The number of nitrogens with zero attached hydrogens (tertiary/aromatic N) is 1. The van der Waals surface area contributed by atoms with Gasteiger partial charge in [0, 0.05) is 26.2 Å². The van der Waals surface area contributed by atoms with Gasteiger partial charge >= 0.3 is 0 Å². The lowest BCUT2D eigenvalue weighted by Crippen LogP contribution is -2.46. The van der Waals surface area contributed by atoms with E-state index in [4.69, 9.17) is 10.8 Å². The maximum atomic E-state index is 12.1. The van der Waals surface area contributed by atoms with Crippen molar-refractivity contribution in [2.45, 2.75) is 33.6 Å². The summed E-state index contributed by atoms with van der Waals surface area (Å²) in [6.07, 6.45) is 1.38. The van der Waals surface area contributed by atoms with Crippen LogP contribution >= 0.6 is 0 Å². The number of aliphatic hydroxyl groups excluding tert-OH is 1. The predicted octanol–water partition coefficient (Wildman–Crippen LogP) is 0.592. The van der Waals surface area contributed by atoms with E-state index in [1.54, 1.807) is 4.90 Å². The zero-order valence-corrected chi connectivity index (χ0v) is 10.1. The molecule has 0 aromatic heterocycles. The molecule has 0 radical (unpaired) electrons. The number of rotatable bonds is 7. The van der Waals surface area contributed by atoms with E-state index in [0.29, 0.717) is 26.1 Å². The van der Waals surface area contributed by atoms with Crippen LogP contribution in [0.3, 0.4) is 0 Å². The first-order valence-electron chi connectivity index (χ1n) is 5.66. The van der Waals surface area contributed by atoms with Crippen molar-refractivity contribution in [3.63, 3.8) is 0 Å². The molecule has 4 nitrogen and oxygen atoms in total. The van der Waals surface area contributed by atoms with Crippen LogP contribution in [-0.2, 0) is 4.79 Å². The Kier molecular flexibility index (Phi) is 6.52. The van der Waals surface area contributed by atoms with Crippen LogP contribution in [0.25, 0.3) is 0 Å². The number of hydrogen-bond donors (Lipinski definition) is 2. The molecule has 0 aliphatic carbocycles. The van der Waals surface area contributed by atoms with Gasteiger partial charge in [0.2, 0.25) is 5.91 Å². The largest absolute Gasteiger partial charge is 0.396 e. The SMILES string of the molecule is CCN(CCCO)C(=O)C(C)(CC)CN. The Balaban J connectivity index is 4.48. The normalized spacial score (nSPS) is 14.7. The van der Waals surface area contributed by atoms with Crippen molar-refractivity contribution in [1.82, 2.24) is 4.90 Å². The molecule has 4 heteroatoms. The van der Waals surface area contributed by atoms with Crippen LogP contribution in [0.5, 0.6) is 0 Å². The molecule has 0 saturated heterocycles. The van der Waals surface area contributed by atoms with Gasteiger partial charge in [0.25, 0.3) is 0 Å². The van der Waals surface area contributed by atoms with Gasteiger partial charge in [-0.05, 0) is 26.7 Å². The summed E-state index contributed by atoms with van der Waals surface area (Å²) in [4.78, 5) is 13.9. The quantitative estimate of drug-likeness (QED) is 0.654. The van der Waals surface area contributed by atoms with Crippen LogP contribution in [-0.4, -0.2) is 42.2 Å². The Labute approximate surface area is 92.4 Å². The van der Waals surface area contributed by atoms with Crippen molar-refractivity contribution < 1.29 is 9.90 Å². The van der Waals surface area contributed by atoms with E-state index in [0.717, 1.165) is 6.42 Å². The molecule has 0 rings (SSSR count). The third-order valence-corrected chi connectivity index (χ3v) is 3.00. The summed E-state index contributed by atoms with van der Waals surface area (Å²) in [5.74, 6) is 0.100. The first kappa shape index (κ1) is 14.4. The molecule has 0 heterocycles. The van der Waals surface area contributed by atoms with E-state index in [1.807, 2.05) is 20.8 Å². The maximum Gasteiger partial charge on any atom is 0.229 e. The van der Waals surface area contributed by atoms with Gasteiger partial charge in [-0.3, -0.25) is 4.79 Å². The van der Waals surface area contributed by atoms with Crippen molar-refractivity contribution in [3.05, 3.63) is 0 Å². The van der Waals surface area contributed by atoms with E-state index in [9.17, 15) is 4.79 Å². The topological polar surface area (TPSA) is 66.6 Å². The molecule has 1 atom stereocenters. The molecule has 0 aliphatic rings. The van der Waals surface area contributed by atoms with Gasteiger partial charge in [-0.2, -0.15) is 0 Å². The summed E-state index contributed by atoms with van der Waals surface area (Å²) in [6.45, 7) is 7.60. The zero-order chi connectivity index (χ0) is 11.9.